The van der Waals surface area contributed by atoms with Crippen LogP contribution < -0.4 is 4.72 Å². The molecule has 1 fully saturated rings. The summed E-state index contributed by atoms with van der Waals surface area (Å²) >= 11 is 0. The minimum absolute atomic E-state index is 0.0837. The Labute approximate surface area is 146 Å². The Balaban J connectivity index is 1.62. The summed E-state index contributed by atoms with van der Waals surface area (Å²) in [7, 11) is -3.65. The summed E-state index contributed by atoms with van der Waals surface area (Å²) in [6, 6.07) is 13.0. The number of H-pyrrole nitrogens is 1. The lowest BCUT2D eigenvalue weighted by Gasteiger charge is -2.17. The molecular weight excluding hydrogens is 339 g/mol. The lowest BCUT2D eigenvalue weighted by atomic mass is 9.93. The first-order chi connectivity index (χ1) is 11.9. The first-order valence-electron chi connectivity index (χ1n) is 8.24. The van der Waals surface area contributed by atoms with Crippen molar-refractivity contribution < 1.29 is 12.8 Å². The average molecular weight is 358 g/mol. The summed E-state index contributed by atoms with van der Waals surface area (Å²) in [6.07, 6.45) is 1.89. The number of hydrogen-bond acceptors (Lipinski definition) is 2. The van der Waals surface area contributed by atoms with Gasteiger partial charge in [-0.15, -0.1) is 0 Å². The van der Waals surface area contributed by atoms with Gasteiger partial charge in [-0.1, -0.05) is 18.2 Å². The molecule has 1 aliphatic rings. The van der Waals surface area contributed by atoms with Crippen molar-refractivity contribution in [3.63, 3.8) is 0 Å². The summed E-state index contributed by atoms with van der Waals surface area (Å²) < 4.78 is 40.7. The van der Waals surface area contributed by atoms with Crippen LogP contribution in [0, 0.1) is 12.7 Å². The van der Waals surface area contributed by atoms with Crippen molar-refractivity contribution >= 4 is 20.9 Å². The van der Waals surface area contributed by atoms with E-state index >= 15 is 0 Å². The van der Waals surface area contributed by atoms with Crippen LogP contribution in [-0.4, -0.2) is 19.9 Å². The molecule has 0 unspecified atom stereocenters. The number of halogens is 1. The molecule has 1 saturated carbocycles. The third kappa shape index (κ3) is 2.85. The predicted molar refractivity (Wildman–Crippen MR) is 95.5 cm³/mol. The molecule has 4 nitrogen and oxygen atoms in total. The highest BCUT2D eigenvalue weighted by molar-refractivity contribution is 7.89. The summed E-state index contributed by atoms with van der Waals surface area (Å²) in [5, 5.41) is 1.15. The van der Waals surface area contributed by atoms with Gasteiger partial charge >= 0.3 is 0 Å². The second-order valence-corrected chi connectivity index (χ2v) is 8.50. The summed E-state index contributed by atoms with van der Waals surface area (Å²) in [5.41, 5.74) is 3.18. The smallest absolute Gasteiger partial charge is 0.240 e. The molecule has 0 atom stereocenters. The fourth-order valence-corrected chi connectivity index (χ4v) is 4.68. The van der Waals surface area contributed by atoms with Crippen LogP contribution >= 0.6 is 0 Å². The second kappa shape index (κ2) is 5.68. The van der Waals surface area contributed by atoms with Gasteiger partial charge in [-0.2, -0.15) is 0 Å². The number of para-hydroxylation sites is 1. The Bertz CT molecular complexity index is 1030. The number of fused-ring (bicyclic) bond motifs is 1. The fraction of sp³-hybridized carbons (Fsp3) is 0.263. The van der Waals surface area contributed by atoms with Gasteiger partial charge in [-0.25, -0.2) is 17.5 Å². The van der Waals surface area contributed by atoms with Crippen LogP contribution in [-0.2, 0) is 15.4 Å². The third-order valence-electron chi connectivity index (χ3n) is 5.00. The van der Waals surface area contributed by atoms with Gasteiger partial charge in [-0.3, -0.25) is 0 Å². The predicted octanol–water partition coefficient (Wildman–Crippen LogP) is 3.63. The molecule has 0 saturated heterocycles. The van der Waals surface area contributed by atoms with Gasteiger partial charge in [-0.05, 0) is 55.7 Å². The monoisotopic (exact) mass is 358 g/mol. The van der Waals surface area contributed by atoms with Gasteiger partial charge in [0.25, 0.3) is 0 Å². The van der Waals surface area contributed by atoms with E-state index in [1.54, 1.807) is 0 Å². The van der Waals surface area contributed by atoms with E-state index in [-0.39, 0.29) is 10.3 Å². The molecule has 0 aliphatic heterocycles. The average Bonchev–Trinajstić information content (AvgIpc) is 3.29. The standard InChI is InChI=1S/C19H19FN2O2S/c1-13-18(16-4-2-3-5-17(16)22-13)19(10-11-19)12-21-25(23,24)15-8-6-14(20)7-9-15/h2-9,21-22H,10-12H2,1H3. The van der Waals surface area contributed by atoms with Gasteiger partial charge in [0, 0.05) is 28.6 Å². The van der Waals surface area contributed by atoms with Crippen LogP contribution in [0.5, 0.6) is 0 Å². The van der Waals surface area contributed by atoms with Crippen molar-refractivity contribution in [2.45, 2.75) is 30.1 Å². The zero-order chi connectivity index (χ0) is 17.7. The number of nitrogens with one attached hydrogen (secondary N) is 2. The Hall–Kier alpha value is -2.18. The van der Waals surface area contributed by atoms with E-state index in [9.17, 15) is 12.8 Å². The number of aryl methyl sites for hydroxylation is 1. The van der Waals surface area contributed by atoms with Crippen LogP contribution in [0.3, 0.4) is 0 Å². The Kier molecular flexibility index (Phi) is 3.70. The Morgan fingerprint density at radius 3 is 2.48 bits per heavy atom. The van der Waals surface area contributed by atoms with Gasteiger partial charge in [0.15, 0.2) is 0 Å². The largest absolute Gasteiger partial charge is 0.358 e. The Morgan fingerprint density at radius 2 is 1.80 bits per heavy atom. The van der Waals surface area contributed by atoms with Crippen LogP contribution in [0.1, 0.15) is 24.1 Å². The molecule has 0 radical (unpaired) electrons. The molecule has 6 heteroatoms. The maximum atomic E-state index is 13.0. The Morgan fingerprint density at radius 1 is 1.12 bits per heavy atom. The van der Waals surface area contributed by atoms with E-state index in [2.05, 4.69) is 15.8 Å². The summed E-state index contributed by atoms with van der Waals surface area (Å²) in [6.45, 7) is 2.37. The van der Waals surface area contributed by atoms with E-state index in [0.717, 1.165) is 41.6 Å². The molecule has 0 amide bonds. The zero-order valence-corrected chi connectivity index (χ0v) is 14.7. The topological polar surface area (TPSA) is 62.0 Å². The number of hydrogen-bond donors (Lipinski definition) is 2. The zero-order valence-electron chi connectivity index (χ0n) is 13.8. The van der Waals surface area contributed by atoms with Crippen LogP contribution in [0.15, 0.2) is 53.4 Å². The van der Waals surface area contributed by atoms with Gasteiger partial charge < -0.3 is 4.98 Å². The number of rotatable bonds is 5. The molecule has 2 N–H and O–H groups in total. The molecule has 130 valence electrons. The van der Waals surface area contributed by atoms with Crippen molar-refractivity contribution in [1.82, 2.24) is 9.71 Å². The first-order valence-corrected chi connectivity index (χ1v) is 9.73. The first kappa shape index (κ1) is 16.3. The minimum Gasteiger partial charge on any atom is -0.358 e. The lowest BCUT2D eigenvalue weighted by molar-refractivity contribution is 0.566. The highest BCUT2D eigenvalue weighted by Crippen LogP contribution is 2.51. The molecule has 0 bridgehead atoms. The number of aromatic amines is 1. The molecule has 25 heavy (non-hydrogen) atoms. The quantitative estimate of drug-likeness (QED) is 0.732. The SMILES string of the molecule is Cc1[nH]c2ccccc2c1C1(CNS(=O)(=O)c2ccc(F)cc2)CC1. The highest BCUT2D eigenvalue weighted by atomic mass is 32.2. The molecule has 1 aromatic heterocycles. The van der Waals surface area contributed by atoms with E-state index < -0.39 is 15.8 Å². The minimum atomic E-state index is -3.65. The van der Waals surface area contributed by atoms with Crippen molar-refractivity contribution in [1.29, 1.82) is 0 Å². The number of benzene rings is 2. The van der Waals surface area contributed by atoms with Crippen molar-refractivity contribution in [3.05, 3.63) is 65.6 Å². The van der Waals surface area contributed by atoms with Crippen molar-refractivity contribution in [2.75, 3.05) is 6.54 Å². The summed E-state index contributed by atoms with van der Waals surface area (Å²) in [4.78, 5) is 3.47. The van der Waals surface area contributed by atoms with E-state index in [1.807, 2.05) is 25.1 Å². The molecule has 2 aromatic carbocycles. The number of sulfonamides is 1. The second-order valence-electron chi connectivity index (χ2n) is 6.73. The van der Waals surface area contributed by atoms with Gasteiger partial charge in [0.2, 0.25) is 10.0 Å². The summed E-state index contributed by atoms with van der Waals surface area (Å²) in [5.74, 6) is -0.452. The van der Waals surface area contributed by atoms with E-state index in [0.29, 0.717) is 6.54 Å². The fourth-order valence-electron chi connectivity index (χ4n) is 3.56. The lowest BCUT2D eigenvalue weighted by Crippen LogP contribution is -2.32. The van der Waals surface area contributed by atoms with Gasteiger partial charge in [0.1, 0.15) is 5.82 Å². The maximum Gasteiger partial charge on any atom is 0.240 e. The third-order valence-corrected chi connectivity index (χ3v) is 6.42. The maximum absolute atomic E-state index is 13.0. The molecule has 4 rings (SSSR count). The van der Waals surface area contributed by atoms with E-state index in [4.69, 9.17) is 0 Å². The highest BCUT2D eigenvalue weighted by Gasteiger charge is 2.47. The van der Waals surface area contributed by atoms with Crippen LogP contribution in [0.4, 0.5) is 4.39 Å². The molecule has 0 spiro atoms. The van der Waals surface area contributed by atoms with Crippen molar-refractivity contribution in [3.8, 4) is 0 Å². The van der Waals surface area contributed by atoms with Crippen molar-refractivity contribution in [2.24, 2.45) is 0 Å². The van der Waals surface area contributed by atoms with Gasteiger partial charge in [0.05, 0.1) is 4.90 Å². The number of aromatic nitrogens is 1. The van der Waals surface area contributed by atoms with Crippen LogP contribution in [0.2, 0.25) is 0 Å². The van der Waals surface area contributed by atoms with E-state index in [1.165, 1.54) is 17.7 Å². The molecular formula is C19H19FN2O2S. The normalized spacial score (nSPS) is 16.2. The molecule has 1 aliphatic carbocycles. The molecule has 3 aromatic rings. The molecule has 1 heterocycles. The van der Waals surface area contributed by atoms with Crippen LogP contribution in [0.25, 0.3) is 10.9 Å².